The summed E-state index contributed by atoms with van der Waals surface area (Å²) >= 11 is 6.42. The predicted molar refractivity (Wildman–Crippen MR) is 81.0 cm³/mol. The fourth-order valence-electron chi connectivity index (χ4n) is 2.79. The first-order valence-corrected chi connectivity index (χ1v) is 7.28. The fraction of sp³-hybridized carbons (Fsp3) is 0.600. The minimum atomic E-state index is 0.133. The van der Waals surface area contributed by atoms with E-state index in [1.807, 2.05) is 19.1 Å². The lowest BCUT2D eigenvalue weighted by atomic mass is 10.0. The van der Waals surface area contributed by atoms with Gasteiger partial charge in [0.15, 0.2) is 0 Å². The molecule has 3 atom stereocenters. The number of morpholine rings is 1. The zero-order valence-corrected chi connectivity index (χ0v) is 12.7. The number of nitrogens with zero attached hydrogens (tertiary/aromatic N) is 1. The minimum Gasteiger partial charge on any atom is -0.372 e. The Balaban J connectivity index is 2.31. The average Bonchev–Trinajstić information content (AvgIpc) is 2.26. The van der Waals surface area contributed by atoms with E-state index in [4.69, 9.17) is 22.1 Å². The maximum Gasteiger partial charge on any atom is 0.0726 e. The lowest BCUT2D eigenvalue weighted by Gasteiger charge is -2.38. The number of hydrogen-bond donors (Lipinski definition) is 1. The number of benzene rings is 1. The zero-order chi connectivity index (χ0) is 14.0. The van der Waals surface area contributed by atoms with Crippen molar-refractivity contribution in [3.8, 4) is 0 Å². The molecule has 0 radical (unpaired) electrons. The largest absolute Gasteiger partial charge is 0.372 e. The Bertz CT molecular complexity index is 426. The van der Waals surface area contributed by atoms with E-state index in [9.17, 15) is 0 Å². The van der Waals surface area contributed by atoms with Crippen LogP contribution in [0, 0.1) is 0 Å². The van der Waals surface area contributed by atoms with Crippen LogP contribution >= 0.6 is 11.6 Å². The molecule has 0 spiro atoms. The van der Waals surface area contributed by atoms with Crippen LogP contribution in [-0.4, -0.2) is 31.3 Å². The van der Waals surface area contributed by atoms with Crippen molar-refractivity contribution in [1.29, 1.82) is 0 Å². The molecule has 1 aliphatic heterocycles. The molecular weight excluding hydrogens is 260 g/mol. The standard InChI is InChI=1S/C15H23ClN2O/c1-10(17)7-13-5-4-6-14(16)15(13)18-8-11(2)19-12(3)9-18/h4-6,10-12H,7-9,17H2,1-3H3/t10?,11-,12+. The number of hydrogen-bond acceptors (Lipinski definition) is 3. The fourth-order valence-corrected chi connectivity index (χ4v) is 3.10. The van der Waals surface area contributed by atoms with E-state index >= 15 is 0 Å². The second-order valence-corrected chi connectivity index (χ2v) is 6.00. The molecule has 1 aromatic rings. The second kappa shape index (κ2) is 6.12. The van der Waals surface area contributed by atoms with Crippen molar-refractivity contribution in [3.05, 3.63) is 28.8 Å². The van der Waals surface area contributed by atoms with E-state index in [0.717, 1.165) is 30.2 Å². The highest BCUT2D eigenvalue weighted by atomic mass is 35.5. The number of para-hydroxylation sites is 1. The lowest BCUT2D eigenvalue weighted by molar-refractivity contribution is -0.00525. The van der Waals surface area contributed by atoms with Crippen LogP contribution in [0.1, 0.15) is 26.3 Å². The molecule has 106 valence electrons. The van der Waals surface area contributed by atoms with Crippen molar-refractivity contribution in [3.63, 3.8) is 0 Å². The van der Waals surface area contributed by atoms with Crippen LogP contribution in [0.5, 0.6) is 0 Å². The molecule has 1 fully saturated rings. The molecule has 1 unspecified atom stereocenters. The summed E-state index contributed by atoms with van der Waals surface area (Å²) in [5.74, 6) is 0. The SMILES string of the molecule is CC(N)Cc1cccc(Cl)c1N1C[C@@H](C)O[C@@H](C)C1. The highest BCUT2D eigenvalue weighted by molar-refractivity contribution is 6.33. The number of halogens is 1. The Morgan fingerprint density at radius 1 is 1.37 bits per heavy atom. The number of anilines is 1. The van der Waals surface area contributed by atoms with Crippen molar-refractivity contribution >= 4 is 17.3 Å². The molecule has 1 saturated heterocycles. The van der Waals surface area contributed by atoms with Gasteiger partial charge in [-0.2, -0.15) is 0 Å². The van der Waals surface area contributed by atoms with Crippen molar-refractivity contribution in [1.82, 2.24) is 0 Å². The molecule has 0 aromatic heterocycles. The van der Waals surface area contributed by atoms with Crippen LogP contribution in [0.25, 0.3) is 0 Å². The molecule has 2 N–H and O–H groups in total. The summed E-state index contributed by atoms with van der Waals surface area (Å²) in [6.07, 6.45) is 1.29. The topological polar surface area (TPSA) is 38.5 Å². The first kappa shape index (κ1) is 14.6. The van der Waals surface area contributed by atoms with Gasteiger partial charge in [0.25, 0.3) is 0 Å². The number of ether oxygens (including phenoxy) is 1. The molecule has 4 heteroatoms. The maximum atomic E-state index is 6.42. The van der Waals surface area contributed by atoms with E-state index in [-0.39, 0.29) is 18.2 Å². The van der Waals surface area contributed by atoms with E-state index in [1.54, 1.807) is 0 Å². The normalized spacial score (nSPS) is 25.4. The first-order valence-electron chi connectivity index (χ1n) is 6.90. The molecule has 19 heavy (non-hydrogen) atoms. The Morgan fingerprint density at radius 3 is 2.58 bits per heavy atom. The highest BCUT2D eigenvalue weighted by Gasteiger charge is 2.25. The summed E-state index contributed by atoms with van der Waals surface area (Å²) in [7, 11) is 0. The van der Waals surface area contributed by atoms with Crippen LogP contribution < -0.4 is 10.6 Å². The first-order chi connectivity index (χ1) is 8.97. The Hall–Kier alpha value is -0.770. The van der Waals surface area contributed by atoms with Crippen LogP contribution in [0.2, 0.25) is 5.02 Å². The summed E-state index contributed by atoms with van der Waals surface area (Å²) in [5, 5.41) is 0.805. The second-order valence-electron chi connectivity index (χ2n) is 5.59. The van der Waals surface area contributed by atoms with Gasteiger partial charge in [-0.25, -0.2) is 0 Å². The van der Waals surface area contributed by atoms with Gasteiger partial charge in [-0.3, -0.25) is 0 Å². The van der Waals surface area contributed by atoms with Gasteiger partial charge < -0.3 is 15.4 Å². The molecule has 1 heterocycles. The van der Waals surface area contributed by atoms with Gasteiger partial charge in [0, 0.05) is 19.1 Å². The molecule has 0 bridgehead atoms. The maximum absolute atomic E-state index is 6.42. The molecular formula is C15H23ClN2O. The van der Waals surface area contributed by atoms with Crippen molar-refractivity contribution in [2.75, 3.05) is 18.0 Å². The van der Waals surface area contributed by atoms with E-state index in [1.165, 1.54) is 5.56 Å². The van der Waals surface area contributed by atoms with Crippen molar-refractivity contribution < 1.29 is 4.74 Å². The summed E-state index contributed by atoms with van der Waals surface area (Å²) in [6, 6.07) is 6.20. The van der Waals surface area contributed by atoms with E-state index < -0.39 is 0 Å². The summed E-state index contributed by atoms with van der Waals surface area (Å²) in [5.41, 5.74) is 8.30. The molecule has 1 aliphatic rings. The van der Waals surface area contributed by atoms with Gasteiger partial charge in [0.2, 0.25) is 0 Å². The quantitative estimate of drug-likeness (QED) is 0.926. The third kappa shape index (κ3) is 3.62. The predicted octanol–water partition coefficient (Wildman–Crippen LogP) is 2.84. The van der Waals surface area contributed by atoms with Gasteiger partial charge in [-0.05, 0) is 38.8 Å². The Labute approximate surface area is 120 Å². The minimum absolute atomic E-state index is 0.133. The van der Waals surface area contributed by atoms with Crippen LogP contribution in [0.3, 0.4) is 0 Å². The van der Waals surface area contributed by atoms with Crippen LogP contribution in [0.4, 0.5) is 5.69 Å². The van der Waals surface area contributed by atoms with Gasteiger partial charge >= 0.3 is 0 Å². The molecule has 2 rings (SSSR count). The van der Waals surface area contributed by atoms with E-state index in [0.29, 0.717) is 0 Å². The average molecular weight is 283 g/mol. The molecule has 3 nitrogen and oxygen atoms in total. The van der Waals surface area contributed by atoms with E-state index in [2.05, 4.69) is 24.8 Å². The van der Waals surface area contributed by atoms with Gasteiger partial charge in [-0.1, -0.05) is 23.7 Å². The summed E-state index contributed by atoms with van der Waals surface area (Å²) in [6.45, 7) is 7.98. The highest BCUT2D eigenvalue weighted by Crippen LogP contribution is 2.32. The monoisotopic (exact) mass is 282 g/mol. The molecule has 0 aliphatic carbocycles. The van der Waals surface area contributed by atoms with Crippen molar-refractivity contribution in [2.45, 2.75) is 45.4 Å². The molecule has 0 saturated carbocycles. The van der Waals surface area contributed by atoms with Gasteiger partial charge in [0.1, 0.15) is 0 Å². The van der Waals surface area contributed by atoms with Gasteiger partial charge in [0.05, 0.1) is 22.9 Å². The third-order valence-corrected chi connectivity index (χ3v) is 3.65. The number of nitrogens with two attached hydrogens (primary N) is 1. The molecule has 1 aromatic carbocycles. The third-order valence-electron chi connectivity index (χ3n) is 3.35. The summed E-state index contributed by atoms with van der Waals surface area (Å²) < 4.78 is 5.79. The van der Waals surface area contributed by atoms with Gasteiger partial charge in [-0.15, -0.1) is 0 Å². The smallest absolute Gasteiger partial charge is 0.0726 e. The number of rotatable bonds is 3. The molecule has 0 amide bonds. The van der Waals surface area contributed by atoms with Crippen molar-refractivity contribution in [2.24, 2.45) is 5.73 Å². The van der Waals surface area contributed by atoms with Crippen LogP contribution in [-0.2, 0) is 11.2 Å². The zero-order valence-electron chi connectivity index (χ0n) is 11.9. The van der Waals surface area contributed by atoms with Crippen LogP contribution in [0.15, 0.2) is 18.2 Å². The Morgan fingerprint density at radius 2 is 2.00 bits per heavy atom. The Kier molecular flexibility index (Phi) is 4.71. The summed E-state index contributed by atoms with van der Waals surface area (Å²) in [4.78, 5) is 2.33. The lowest BCUT2D eigenvalue weighted by Crippen LogP contribution is -2.46.